The third-order valence-corrected chi connectivity index (χ3v) is 3.85. The number of nitrogens with zero attached hydrogens (tertiary/aromatic N) is 2. The molecule has 1 heterocycles. The fourth-order valence-electron chi connectivity index (χ4n) is 2.93. The van der Waals surface area contributed by atoms with Gasteiger partial charge in [-0.15, -0.1) is 0 Å². The summed E-state index contributed by atoms with van der Waals surface area (Å²) in [6.07, 6.45) is 2.73. The van der Waals surface area contributed by atoms with Crippen molar-refractivity contribution in [3.8, 4) is 0 Å². The maximum atomic E-state index is 5.85. The molecular weight excluding hydrogens is 198 g/mol. The zero-order valence-corrected chi connectivity index (χ0v) is 11.4. The van der Waals surface area contributed by atoms with Crippen molar-refractivity contribution in [1.29, 1.82) is 0 Å². The van der Waals surface area contributed by atoms with E-state index in [1.807, 2.05) is 0 Å². The van der Waals surface area contributed by atoms with Gasteiger partial charge >= 0.3 is 0 Å². The van der Waals surface area contributed by atoms with Gasteiger partial charge in [0, 0.05) is 25.7 Å². The number of likely N-dealkylation sites (tertiary alicyclic amines) is 1. The molecule has 2 N–H and O–H groups in total. The average molecular weight is 227 g/mol. The summed E-state index contributed by atoms with van der Waals surface area (Å²) >= 11 is 0. The van der Waals surface area contributed by atoms with E-state index in [1.54, 1.807) is 0 Å². The number of piperidine rings is 1. The van der Waals surface area contributed by atoms with Gasteiger partial charge in [0.2, 0.25) is 0 Å². The minimum absolute atomic E-state index is 0.534. The summed E-state index contributed by atoms with van der Waals surface area (Å²) < 4.78 is 0. The predicted molar refractivity (Wildman–Crippen MR) is 70.5 cm³/mol. The van der Waals surface area contributed by atoms with E-state index in [4.69, 9.17) is 5.73 Å². The van der Waals surface area contributed by atoms with Crippen LogP contribution in [0.25, 0.3) is 0 Å². The summed E-state index contributed by atoms with van der Waals surface area (Å²) in [6.45, 7) is 9.02. The molecule has 3 heteroatoms. The van der Waals surface area contributed by atoms with Crippen molar-refractivity contribution in [2.24, 2.45) is 17.6 Å². The molecule has 1 aliphatic rings. The van der Waals surface area contributed by atoms with Crippen molar-refractivity contribution in [2.45, 2.75) is 32.7 Å². The Morgan fingerprint density at radius 2 is 2.12 bits per heavy atom. The van der Waals surface area contributed by atoms with Crippen LogP contribution in [-0.4, -0.2) is 56.1 Å². The fraction of sp³-hybridized carbons (Fsp3) is 1.00. The van der Waals surface area contributed by atoms with Crippen molar-refractivity contribution >= 4 is 0 Å². The number of hydrogen-bond donors (Lipinski definition) is 1. The smallest absolute Gasteiger partial charge is 0.0238 e. The molecule has 0 radical (unpaired) electrons. The normalized spacial score (nSPS) is 25.3. The van der Waals surface area contributed by atoms with E-state index in [-0.39, 0.29) is 0 Å². The second-order valence-corrected chi connectivity index (χ2v) is 5.76. The lowest BCUT2D eigenvalue weighted by Crippen LogP contribution is -2.46. The van der Waals surface area contributed by atoms with E-state index in [0.717, 1.165) is 12.5 Å². The average Bonchev–Trinajstić information content (AvgIpc) is 2.17. The molecule has 0 spiro atoms. The number of likely N-dealkylation sites (N-methyl/N-ethyl adjacent to an activating group) is 1. The fourth-order valence-corrected chi connectivity index (χ4v) is 2.93. The van der Waals surface area contributed by atoms with Crippen LogP contribution in [0.1, 0.15) is 26.7 Å². The SMILES string of the molecule is CC(C)C(CN)N(C)CC1CCCN(C)C1. The first-order chi connectivity index (χ1) is 7.54. The van der Waals surface area contributed by atoms with Gasteiger partial charge < -0.3 is 15.5 Å². The van der Waals surface area contributed by atoms with Gasteiger partial charge in [-0.25, -0.2) is 0 Å². The Morgan fingerprint density at radius 1 is 1.44 bits per heavy atom. The molecule has 1 fully saturated rings. The lowest BCUT2D eigenvalue weighted by atomic mass is 9.96. The Bertz CT molecular complexity index is 194. The lowest BCUT2D eigenvalue weighted by molar-refractivity contribution is 0.125. The Kier molecular flexibility index (Phi) is 5.73. The predicted octanol–water partition coefficient (Wildman–Crippen LogP) is 1.24. The maximum Gasteiger partial charge on any atom is 0.0238 e. The highest BCUT2D eigenvalue weighted by Gasteiger charge is 2.23. The van der Waals surface area contributed by atoms with Crippen molar-refractivity contribution < 1.29 is 0 Å². The zero-order valence-electron chi connectivity index (χ0n) is 11.4. The summed E-state index contributed by atoms with van der Waals surface area (Å²) in [6, 6.07) is 0.534. The summed E-state index contributed by atoms with van der Waals surface area (Å²) in [4.78, 5) is 4.92. The summed E-state index contributed by atoms with van der Waals surface area (Å²) in [5.41, 5.74) is 5.85. The lowest BCUT2D eigenvalue weighted by Gasteiger charge is -2.36. The second kappa shape index (κ2) is 6.58. The number of nitrogens with two attached hydrogens (primary N) is 1. The van der Waals surface area contributed by atoms with E-state index < -0.39 is 0 Å². The van der Waals surface area contributed by atoms with Crippen molar-refractivity contribution in [1.82, 2.24) is 9.80 Å². The Labute approximate surface area is 101 Å². The summed E-state index contributed by atoms with van der Waals surface area (Å²) in [5.74, 6) is 1.48. The largest absolute Gasteiger partial charge is 0.329 e. The Balaban J connectivity index is 2.39. The molecule has 0 saturated carbocycles. The molecule has 2 atom stereocenters. The molecule has 1 aliphatic heterocycles. The van der Waals surface area contributed by atoms with Gasteiger partial charge in [-0.3, -0.25) is 0 Å². The topological polar surface area (TPSA) is 32.5 Å². The molecule has 16 heavy (non-hydrogen) atoms. The molecule has 96 valence electrons. The molecule has 0 aromatic heterocycles. The molecule has 0 aromatic carbocycles. The summed E-state index contributed by atoms with van der Waals surface area (Å²) in [5, 5.41) is 0. The standard InChI is InChI=1S/C13H29N3/c1-11(2)13(8-14)16(4)10-12-6-5-7-15(3)9-12/h11-13H,5-10,14H2,1-4H3. The van der Waals surface area contributed by atoms with Crippen LogP contribution in [0.2, 0.25) is 0 Å². The summed E-state index contributed by atoms with van der Waals surface area (Å²) in [7, 11) is 4.46. The van der Waals surface area contributed by atoms with Gasteiger partial charge in [0.05, 0.1) is 0 Å². The van der Waals surface area contributed by atoms with Gasteiger partial charge in [-0.05, 0) is 45.3 Å². The molecular formula is C13H29N3. The quantitative estimate of drug-likeness (QED) is 0.767. The van der Waals surface area contributed by atoms with Crippen LogP contribution < -0.4 is 5.73 Å². The highest BCUT2D eigenvalue weighted by molar-refractivity contribution is 4.78. The molecule has 1 saturated heterocycles. The van der Waals surface area contributed by atoms with Crippen LogP contribution in [0, 0.1) is 11.8 Å². The minimum atomic E-state index is 0.534. The molecule has 1 rings (SSSR count). The second-order valence-electron chi connectivity index (χ2n) is 5.76. The molecule has 2 unspecified atom stereocenters. The first-order valence-electron chi connectivity index (χ1n) is 6.63. The maximum absolute atomic E-state index is 5.85. The van der Waals surface area contributed by atoms with E-state index >= 15 is 0 Å². The molecule has 0 bridgehead atoms. The first-order valence-corrected chi connectivity index (χ1v) is 6.63. The minimum Gasteiger partial charge on any atom is -0.329 e. The van der Waals surface area contributed by atoms with Crippen LogP contribution in [-0.2, 0) is 0 Å². The monoisotopic (exact) mass is 227 g/mol. The highest BCUT2D eigenvalue weighted by atomic mass is 15.2. The number of hydrogen-bond acceptors (Lipinski definition) is 3. The van der Waals surface area contributed by atoms with Crippen LogP contribution in [0.4, 0.5) is 0 Å². The van der Waals surface area contributed by atoms with Gasteiger partial charge in [0.1, 0.15) is 0 Å². The van der Waals surface area contributed by atoms with Crippen molar-refractivity contribution in [3.63, 3.8) is 0 Å². The van der Waals surface area contributed by atoms with E-state index in [1.165, 1.54) is 32.5 Å². The van der Waals surface area contributed by atoms with Gasteiger partial charge in [-0.1, -0.05) is 13.8 Å². The zero-order chi connectivity index (χ0) is 12.1. The van der Waals surface area contributed by atoms with E-state index in [2.05, 4.69) is 37.7 Å². The third-order valence-electron chi connectivity index (χ3n) is 3.85. The van der Waals surface area contributed by atoms with Gasteiger partial charge in [-0.2, -0.15) is 0 Å². The van der Waals surface area contributed by atoms with Crippen molar-refractivity contribution in [2.75, 3.05) is 40.3 Å². The van der Waals surface area contributed by atoms with E-state index in [0.29, 0.717) is 12.0 Å². The first kappa shape index (κ1) is 13.9. The van der Waals surface area contributed by atoms with E-state index in [9.17, 15) is 0 Å². The number of rotatable bonds is 5. The van der Waals surface area contributed by atoms with Gasteiger partial charge in [0.15, 0.2) is 0 Å². The van der Waals surface area contributed by atoms with Crippen LogP contribution in [0.15, 0.2) is 0 Å². The molecule has 0 aromatic rings. The Hall–Kier alpha value is -0.120. The third kappa shape index (κ3) is 4.04. The van der Waals surface area contributed by atoms with Crippen LogP contribution >= 0.6 is 0 Å². The highest BCUT2D eigenvalue weighted by Crippen LogP contribution is 2.18. The van der Waals surface area contributed by atoms with Crippen molar-refractivity contribution in [3.05, 3.63) is 0 Å². The van der Waals surface area contributed by atoms with Crippen LogP contribution in [0.3, 0.4) is 0 Å². The molecule has 0 aliphatic carbocycles. The Morgan fingerprint density at radius 3 is 2.62 bits per heavy atom. The van der Waals surface area contributed by atoms with Crippen LogP contribution in [0.5, 0.6) is 0 Å². The van der Waals surface area contributed by atoms with Gasteiger partial charge in [0.25, 0.3) is 0 Å². The molecule has 3 nitrogen and oxygen atoms in total. The molecule has 0 amide bonds.